The number of likely N-dealkylation sites (tertiary alicyclic amines) is 1. The van der Waals surface area contributed by atoms with Crippen LogP contribution in [0.2, 0.25) is 0 Å². The van der Waals surface area contributed by atoms with Crippen LogP contribution in [-0.2, 0) is 6.42 Å². The molecule has 1 unspecified atom stereocenters. The lowest BCUT2D eigenvalue weighted by molar-refractivity contribution is 0.370. The number of halogens is 1. The number of aromatic nitrogens is 2. The van der Waals surface area contributed by atoms with Gasteiger partial charge in [0.2, 0.25) is 5.89 Å². The molecule has 1 aliphatic heterocycles. The topological polar surface area (TPSA) is 66.5 Å². The molecule has 8 heteroatoms. The average Bonchev–Trinajstić information content (AvgIpc) is 3.34. The fourth-order valence-corrected chi connectivity index (χ4v) is 4.16. The number of aliphatic imine (C=N–C) groups is 1. The van der Waals surface area contributed by atoms with Crippen LogP contribution in [0.4, 0.5) is 0 Å². The third kappa shape index (κ3) is 6.65. The zero-order chi connectivity index (χ0) is 19.1. The lowest BCUT2D eigenvalue weighted by atomic mass is 10.2. The zero-order valence-corrected chi connectivity index (χ0v) is 19.9. The van der Waals surface area contributed by atoms with Crippen molar-refractivity contribution in [3.05, 3.63) is 42.0 Å². The zero-order valence-electron chi connectivity index (χ0n) is 16.8. The van der Waals surface area contributed by atoms with Gasteiger partial charge in [0.05, 0.1) is 0 Å². The van der Waals surface area contributed by atoms with E-state index in [1.807, 2.05) is 18.8 Å². The second-order valence-corrected chi connectivity index (χ2v) is 8.24. The van der Waals surface area contributed by atoms with Gasteiger partial charge in [-0.3, -0.25) is 4.99 Å². The number of rotatable bonds is 7. The van der Waals surface area contributed by atoms with E-state index >= 15 is 0 Å². The van der Waals surface area contributed by atoms with Gasteiger partial charge in [-0.05, 0) is 24.5 Å². The van der Waals surface area contributed by atoms with Crippen molar-refractivity contribution < 1.29 is 4.52 Å². The van der Waals surface area contributed by atoms with E-state index in [2.05, 4.69) is 69.5 Å². The minimum absolute atomic E-state index is 0. The fourth-order valence-electron chi connectivity index (χ4n) is 3.11. The Labute approximate surface area is 189 Å². The third-order valence-electron chi connectivity index (χ3n) is 4.65. The molecule has 0 radical (unpaired) electrons. The van der Waals surface area contributed by atoms with Gasteiger partial charge in [-0.15, -0.1) is 35.7 Å². The molecule has 0 spiro atoms. The SMILES string of the molecule is CN=C(NCCc1nc(C(C)C)no1)N1CCC(CSc2ccccc2)C1.I. The van der Waals surface area contributed by atoms with E-state index in [0.717, 1.165) is 37.2 Å². The predicted octanol–water partition coefficient (Wildman–Crippen LogP) is 4.04. The van der Waals surface area contributed by atoms with Crippen molar-refractivity contribution in [2.75, 3.05) is 32.4 Å². The molecule has 1 N–H and O–H groups in total. The molecule has 6 nitrogen and oxygen atoms in total. The van der Waals surface area contributed by atoms with Crippen molar-refractivity contribution >= 4 is 41.7 Å². The van der Waals surface area contributed by atoms with E-state index in [0.29, 0.717) is 24.1 Å². The summed E-state index contributed by atoms with van der Waals surface area (Å²) in [5, 5.41) is 7.44. The van der Waals surface area contributed by atoms with Gasteiger partial charge in [-0.2, -0.15) is 4.98 Å². The van der Waals surface area contributed by atoms with E-state index in [9.17, 15) is 0 Å². The largest absolute Gasteiger partial charge is 0.356 e. The minimum atomic E-state index is 0. The Balaban J connectivity index is 0.00000280. The molecule has 1 fully saturated rings. The van der Waals surface area contributed by atoms with Gasteiger partial charge >= 0.3 is 0 Å². The van der Waals surface area contributed by atoms with Crippen LogP contribution in [0.3, 0.4) is 0 Å². The Morgan fingerprint density at radius 1 is 1.36 bits per heavy atom. The lowest BCUT2D eigenvalue weighted by Gasteiger charge is -2.21. The molecule has 0 bridgehead atoms. The highest BCUT2D eigenvalue weighted by Crippen LogP contribution is 2.25. The quantitative estimate of drug-likeness (QED) is 0.260. The summed E-state index contributed by atoms with van der Waals surface area (Å²) in [4.78, 5) is 12.6. The van der Waals surface area contributed by atoms with E-state index in [1.165, 1.54) is 11.3 Å². The second-order valence-electron chi connectivity index (χ2n) is 7.15. The van der Waals surface area contributed by atoms with Crippen LogP contribution < -0.4 is 5.32 Å². The molecule has 1 atom stereocenters. The average molecular weight is 515 g/mol. The van der Waals surface area contributed by atoms with Gasteiger partial charge in [0.1, 0.15) is 0 Å². The van der Waals surface area contributed by atoms with Crippen LogP contribution in [0.25, 0.3) is 0 Å². The molecule has 0 aliphatic carbocycles. The van der Waals surface area contributed by atoms with E-state index in [1.54, 1.807) is 0 Å². The molecule has 154 valence electrons. The van der Waals surface area contributed by atoms with E-state index < -0.39 is 0 Å². The molecule has 1 aliphatic rings. The normalized spacial score (nSPS) is 17.1. The van der Waals surface area contributed by atoms with Gasteiger partial charge in [0, 0.05) is 49.7 Å². The van der Waals surface area contributed by atoms with Crippen LogP contribution in [-0.4, -0.2) is 53.4 Å². The van der Waals surface area contributed by atoms with E-state index in [4.69, 9.17) is 4.52 Å². The highest BCUT2D eigenvalue weighted by molar-refractivity contribution is 14.0. The monoisotopic (exact) mass is 515 g/mol. The Bertz CT molecular complexity index is 737. The van der Waals surface area contributed by atoms with Gasteiger partial charge in [0.25, 0.3) is 0 Å². The van der Waals surface area contributed by atoms with Crippen molar-refractivity contribution in [2.45, 2.75) is 37.5 Å². The first kappa shape index (κ1) is 23.0. The number of nitrogens with one attached hydrogen (secondary N) is 1. The molecule has 1 aromatic carbocycles. The molecule has 2 aromatic rings. The van der Waals surface area contributed by atoms with Crippen molar-refractivity contribution in [1.29, 1.82) is 0 Å². The third-order valence-corrected chi connectivity index (χ3v) is 5.89. The molecule has 1 saturated heterocycles. The smallest absolute Gasteiger partial charge is 0.228 e. The summed E-state index contributed by atoms with van der Waals surface area (Å²) >= 11 is 1.94. The molecule has 3 rings (SSSR count). The predicted molar refractivity (Wildman–Crippen MR) is 126 cm³/mol. The highest BCUT2D eigenvalue weighted by atomic mass is 127. The number of hydrogen-bond acceptors (Lipinski definition) is 5. The first-order valence-electron chi connectivity index (χ1n) is 9.61. The standard InChI is InChI=1S/C20H29N5OS.HI/c1-15(2)19-23-18(26-24-19)9-11-22-20(21-3)25-12-10-16(13-25)14-27-17-7-5-4-6-8-17;/h4-8,15-16H,9-14H2,1-3H3,(H,21,22);1H. The van der Waals surface area contributed by atoms with E-state index in [-0.39, 0.29) is 24.0 Å². The second kappa shape index (κ2) is 11.6. The van der Waals surface area contributed by atoms with Gasteiger partial charge in [-0.25, -0.2) is 0 Å². The Hall–Kier alpha value is -1.29. The number of thioether (sulfide) groups is 1. The van der Waals surface area contributed by atoms with Crippen LogP contribution in [0.15, 0.2) is 44.7 Å². The summed E-state index contributed by atoms with van der Waals surface area (Å²) in [6.45, 7) is 6.98. The Kier molecular flexibility index (Phi) is 9.57. The molecular weight excluding hydrogens is 485 g/mol. The van der Waals surface area contributed by atoms with Gasteiger partial charge < -0.3 is 14.7 Å². The molecule has 28 heavy (non-hydrogen) atoms. The van der Waals surface area contributed by atoms with Crippen LogP contribution >= 0.6 is 35.7 Å². The minimum Gasteiger partial charge on any atom is -0.356 e. The summed E-state index contributed by atoms with van der Waals surface area (Å²) in [5.41, 5.74) is 0. The molecule has 0 amide bonds. The number of benzene rings is 1. The van der Waals surface area contributed by atoms with Gasteiger partial charge in [0.15, 0.2) is 11.8 Å². The molecular formula is C20H30IN5OS. The molecule has 1 aromatic heterocycles. The summed E-state index contributed by atoms with van der Waals surface area (Å²) in [6, 6.07) is 10.6. The number of hydrogen-bond donors (Lipinski definition) is 1. The summed E-state index contributed by atoms with van der Waals surface area (Å²) in [7, 11) is 1.85. The lowest BCUT2D eigenvalue weighted by Crippen LogP contribution is -2.41. The van der Waals surface area contributed by atoms with Crippen molar-refractivity contribution in [1.82, 2.24) is 20.4 Å². The Morgan fingerprint density at radius 3 is 2.82 bits per heavy atom. The highest BCUT2D eigenvalue weighted by Gasteiger charge is 2.24. The summed E-state index contributed by atoms with van der Waals surface area (Å²) < 4.78 is 5.30. The van der Waals surface area contributed by atoms with Crippen molar-refractivity contribution in [3.8, 4) is 0 Å². The first-order chi connectivity index (χ1) is 13.2. The summed E-state index contributed by atoms with van der Waals surface area (Å²) in [6.07, 6.45) is 1.92. The van der Waals surface area contributed by atoms with Crippen molar-refractivity contribution in [3.63, 3.8) is 0 Å². The maximum Gasteiger partial charge on any atom is 0.228 e. The number of nitrogens with zero attached hydrogens (tertiary/aromatic N) is 4. The fraction of sp³-hybridized carbons (Fsp3) is 0.550. The number of guanidine groups is 1. The van der Waals surface area contributed by atoms with Crippen LogP contribution in [0.5, 0.6) is 0 Å². The van der Waals surface area contributed by atoms with Gasteiger partial charge in [-0.1, -0.05) is 37.2 Å². The first-order valence-corrected chi connectivity index (χ1v) is 10.6. The maximum atomic E-state index is 5.30. The molecule has 2 heterocycles. The molecule has 0 saturated carbocycles. The van der Waals surface area contributed by atoms with Crippen LogP contribution in [0.1, 0.15) is 37.9 Å². The van der Waals surface area contributed by atoms with Crippen LogP contribution in [0, 0.1) is 5.92 Å². The summed E-state index contributed by atoms with van der Waals surface area (Å²) in [5.74, 6) is 4.55. The maximum absolute atomic E-state index is 5.30. The Morgan fingerprint density at radius 2 is 2.14 bits per heavy atom. The van der Waals surface area contributed by atoms with Crippen molar-refractivity contribution in [2.24, 2.45) is 10.9 Å².